The van der Waals surface area contributed by atoms with Crippen molar-refractivity contribution in [1.82, 2.24) is 0 Å². The van der Waals surface area contributed by atoms with Crippen molar-refractivity contribution in [3.05, 3.63) is 41.3 Å². The van der Waals surface area contributed by atoms with Crippen molar-refractivity contribution >= 4 is 22.9 Å². The number of thiophene rings is 1. The standard InChI is InChI=1S/C22H29NOS/c1-15(2)23(22(24)19-12-10-16(3)11-13-19)20-14-21(25-17(20)4)18-8-6-5-7-9-18/h5-9,14-16,19H,10-13H2,1-4H3. The van der Waals surface area contributed by atoms with Gasteiger partial charge in [0.15, 0.2) is 0 Å². The summed E-state index contributed by atoms with van der Waals surface area (Å²) < 4.78 is 0. The Balaban J connectivity index is 1.88. The predicted octanol–water partition coefficient (Wildman–Crippen LogP) is 6.29. The van der Waals surface area contributed by atoms with Gasteiger partial charge in [0.1, 0.15) is 0 Å². The third-order valence-corrected chi connectivity index (χ3v) is 6.42. The molecule has 0 spiro atoms. The number of anilines is 1. The molecule has 1 fully saturated rings. The molecule has 0 unspecified atom stereocenters. The maximum absolute atomic E-state index is 13.3. The minimum atomic E-state index is 0.184. The highest BCUT2D eigenvalue weighted by Crippen LogP contribution is 2.39. The maximum atomic E-state index is 13.3. The second kappa shape index (κ2) is 7.74. The van der Waals surface area contributed by atoms with Crippen molar-refractivity contribution in [2.24, 2.45) is 11.8 Å². The lowest BCUT2D eigenvalue weighted by atomic mass is 9.82. The quantitative estimate of drug-likeness (QED) is 0.631. The molecule has 134 valence electrons. The van der Waals surface area contributed by atoms with Gasteiger partial charge in [-0.05, 0) is 64.0 Å². The van der Waals surface area contributed by atoms with Crippen LogP contribution in [-0.2, 0) is 4.79 Å². The summed E-state index contributed by atoms with van der Waals surface area (Å²) in [6.07, 6.45) is 4.44. The van der Waals surface area contributed by atoms with E-state index in [0.29, 0.717) is 5.91 Å². The highest BCUT2D eigenvalue weighted by molar-refractivity contribution is 7.16. The van der Waals surface area contributed by atoms with Gasteiger partial charge in [0, 0.05) is 21.7 Å². The largest absolute Gasteiger partial charge is 0.309 e. The molecule has 1 saturated carbocycles. The fourth-order valence-electron chi connectivity index (χ4n) is 3.81. The Morgan fingerprint density at radius 3 is 2.36 bits per heavy atom. The van der Waals surface area contributed by atoms with Gasteiger partial charge >= 0.3 is 0 Å². The summed E-state index contributed by atoms with van der Waals surface area (Å²) >= 11 is 1.78. The molecule has 1 aromatic carbocycles. The number of hydrogen-bond acceptors (Lipinski definition) is 2. The fraction of sp³-hybridized carbons (Fsp3) is 0.500. The molecule has 0 saturated heterocycles. The zero-order valence-corrected chi connectivity index (χ0v) is 16.6. The first-order valence-electron chi connectivity index (χ1n) is 9.46. The van der Waals surface area contributed by atoms with Crippen molar-refractivity contribution in [2.45, 2.75) is 59.4 Å². The van der Waals surface area contributed by atoms with Gasteiger partial charge < -0.3 is 4.90 Å². The summed E-state index contributed by atoms with van der Waals surface area (Å²) in [6, 6.07) is 12.8. The van der Waals surface area contributed by atoms with E-state index in [1.54, 1.807) is 11.3 Å². The monoisotopic (exact) mass is 355 g/mol. The molecule has 0 aliphatic heterocycles. The molecule has 3 heteroatoms. The van der Waals surface area contributed by atoms with Crippen molar-refractivity contribution in [2.75, 3.05) is 4.90 Å². The topological polar surface area (TPSA) is 20.3 Å². The van der Waals surface area contributed by atoms with Crippen LogP contribution in [0.5, 0.6) is 0 Å². The van der Waals surface area contributed by atoms with E-state index in [0.717, 1.165) is 24.4 Å². The molecule has 0 bridgehead atoms. The van der Waals surface area contributed by atoms with E-state index < -0.39 is 0 Å². The SMILES string of the molecule is Cc1sc(-c2ccccc2)cc1N(C(=O)C1CCC(C)CC1)C(C)C. The van der Waals surface area contributed by atoms with E-state index in [1.165, 1.54) is 28.2 Å². The third-order valence-electron chi connectivity index (χ3n) is 5.33. The highest BCUT2D eigenvalue weighted by atomic mass is 32.1. The van der Waals surface area contributed by atoms with Gasteiger partial charge in [0.25, 0.3) is 0 Å². The van der Waals surface area contributed by atoms with Crippen LogP contribution in [-0.4, -0.2) is 11.9 Å². The molecule has 0 radical (unpaired) electrons. The number of carbonyl (C=O) groups excluding carboxylic acids is 1. The van der Waals surface area contributed by atoms with Crippen LogP contribution in [0.3, 0.4) is 0 Å². The van der Waals surface area contributed by atoms with Crippen LogP contribution in [0.4, 0.5) is 5.69 Å². The summed E-state index contributed by atoms with van der Waals surface area (Å²) in [7, 11) is 0. The van der Waals surface area contributed by atoms with Crippen LogP contribution in [0.1, 0.15) is 51.3 Å². The summed E-state index contributed by atoms with van der Waals surface area (Å²) in [6.45, 7) is 8.69. The maximum Gasteiger partial charge on any atom is 0.230 e. The van der Waals surface area contributed by atoms with Crippen molar-refractivity contribution in [1.29, 1.82) is 0 Å². The average Bonchev–Trinajstić information content (AvgIpc) is 2.98. The van der Waals surface area contributed by atoms with Gasteiger partial charge in [0.2, 0.25) is 5.91 Å². The van der Waals surface area contributed by atoms with Gasteiger partial charge in [-0.25, -0.2) is 0 Å². The van der Waals surface area contributed by atoms with E-state index >= 15 is 0 Å². The highest BCUT2D eigenvalue weighted by Gasteiger charge is 2.31. The number of carbonyl (C=O) groups is 1. The van der Waals surface area contributed by atoms with Crippen molar-refractivity contribution < 1.29 is 4.79 Å². The van der Waals surface area contributed by atoms with Gasteiger partial charge in [-0.15, -0.1) is 11.3 Å². The Labute approximate surface area is 155 Å². The first-order valence-corrected chi connectivity index (χ1v) is 10.3. The number of amides is 1. The lowest BCUT2D eigenvalue weighted by Crippen LogP contribution is -2.42. The van der Waals surface area contributed by atoms with Crippen molar-refractivity contribution in [3.8, 4) is 10.4 Å². The van der Waals surface area contributed by atoms with E-state index in [4.69, 9.17) is 0 Å². The van der Waals surface area contributed by atoms with E-state index in [1.807, 2.05) is 6.07 Å². The first-order chi connectivity index (χ1) is 12.0. The molecule has 1 aliphatic carbocycles. The molecule has 0 atom stereocenters. The summed E-state index contributed by atoms with van der Waals surface area (Å²) in [5, 5.41) is 0. The van der Waals surface area contributed by atoms with Gasteiger partial charge in [0.05, 0.1) is 5.69 Å². The molecule has 1 amide bonds. The Hall–Kier alpha value is -1.61. The predicted molar refractivity (Wildman–Crippen MR) is 108 cm³/mol. The molecule has 1 heterocycles. The lowest BCUT2D eigenvalue weighted by Gasteiger charge is -2.33. The summed E-state index contributed by atoms with van der Waals surface area (Å²) in [4.78, 5) is 17.8. The molecular weight excluding hydrogens is 326 g/mol. The van der Waals surface area contributed by atoms with Crippen LogP contribution in [0, 0.1) is 18.8 Å². The number of benzene rings is 1. The van der Waals surface area contributed by atoms with Crippen molar-refractivity contribution in [3.63, 3.8) is 0 Å². The minimum Gasteiger partial charge on any atom is -0.309 e. The normalized spacial score (nSPS) is 20.7. The zero-order chi connectivity index (χ0) is 18.0. The second-order valence-corrected chi connectivity index (χ2v) is 8.93. The molecule has 2 aromatic rings. The number of rotatable bonds is 4. The molecule has 1 aromatic heterocycles. The number of hydrogen-bond donors (Lipinski definition) is 0. The Bertz CT molecular complexity index is 711. The Morgan fingerprint density at radius 1 is 1.12 bits per heavy atom. The van der Waals surface area contributed by atoms with E-state index in [2.05, 4.69) is 62.9 Å². The van der Waals surface area contributed by atoms with Crippen LogP contribution in [0.15, 0.2) is 36.4 Å². The van der Waals surface area contributed by atoms with Crippen LogP contribution < -0.4 is 4.90 Å². The van der Waals surface area contributed by atoms with E-state index in [-0.39, 0.29) is 12.0 Å². The number of aryl methyl sites for hydroxylation is 1. The summed E-state index contributed by atoms with van der Waals surface area (Å²) in [5.41, 5.74) is 2.33. The van der Waals surface area contributed by atoms with E-state index in [9.17, 15) is 4.79 Å². The minimum absolute atomic E-state index is 0.184. The lowest BCUT2D eigenvalue weighted by molar-refractivity contribution is -0.123. The number of nitrogens with zero attached hydrogens (tertiary/aromatic N) is 1. The molecular formula is C22H29NOS. The van der Waals surface area contributed by atoms with Crippen LogP contribution in [0.2, 0.25) is 0 Å². The summed E-state index contributed by atoms with van der Waals surface area (Å²) in [5.74, 6) is 1.28. The molecule has 25 heavy (non-hydrogen) atoms. The van der Waals surface area contributed by atoms with Crippen LogP contribution >= 0.6 is 11.3 Å². The fourth-order valence-corrected chi connectivity index (χ4v) is 4.83. The molecule has 3 rings (SSSR count). The van der Waals surface area contributed by atoms with Gasteiger partial charge in [-0.3, -0.25) is 4.79 Å². The smallest absolute Gasteiger partial charge is 0.230 e. The molecule has 1 aliphatic rings. The van der Waals surface area contributed by atoms with Crippen LogP contribution in [0.25, 0.3) is 10.4 Å². The zero-order valence-electron chi connectivity index (χ0n) is 15.8. The third kappa shape index (κ3) is 3.98. The Kier molecular flexibility index (Phi) is 5.63. The molecule has 0 N–H and O–H groups in total. The Morgan fingerprint density at radius 2 is 1.76 bits per heavy atom. The second-order valence-electron chi connectivity index (χ2n) is 7.68. The van der Waals surface area contributed by atoms with Gasteiger partial charge in [-0.1, -0.05) is 37.3 Å². The average molecular weight is 356 g/mol. The van der Waals surface area contributed by atoms with Gasteiger partial charge in [-0.2, -0.15) is 0 Å². The molecule has 2 nitrogen and oxygen atoms in total. The first kappa shape index (κ1) is 18.2.